The Kier molecular flexibility index (Phi) is 2.72. The van der Waals surface area contributed by atoms with Crippen molar-refractivity contribution in [3.8, 4) is 11.4 Å². The lowest BCUT2D eigenvalue weighted by Gasteiger charge is -2.09. The average Bonchev–Trinajstić information content (AvgIpc) is 2.77. The third-order valence-corrected chi connectivity index (χ3v) is 2.32. The fourth-order valence-corrected chi connectivity index (χ4v) is 1.57. The molecule has 2 aromatic rings. The van der Waals surface area contributed by atoms with Crippen LogP contribution in [-0.2, 0) is 0 Å². The van der Waals surface area contributed by atoms with Gasteiger partial charge in [0.2, 0.25) is 0 Å². The van der Waals surface area contributed by atoms with Crippen LogP contribution in [0.5, 0.6) is 5.75 Å². The number of carbonyl (C=O) groups excluding carboxylic acids is 1. The second-order valence-electron chi connectivity index (χ2n) is 3.36. The van der Waals surface area contributed by atoms with Crippen LogP contribution in [0.1, 0.15) is 17.4 Å². The summed E-state index contributed by atoms with van der Waals surface area (Å²) in [6.45, 7) is 1.52. The van der Waals surface area contributed by atoms with E-state index in [4.69, 9.17) is 4.74 Å². The number of carbonyl (C=O) groups is 1. The number of ketones is 1. The number of ether oxygens (including phenoxy) is 1. The zero-order valence-corrected chi connectivity index (χ0v) is 9.18. The molecule has 0 atom stereocenters. The minimum atomic E-state index is -0.0246. The van der Waals surface area contributed by atoms with E-state index in [1.54, 1.807) is 24.1 Å². The molecule has 0 fully saturated rings. The predicted octanol–water partition coefficient (Wildman–Crippen LogP) is 2.08. The summed E-state index contributed by atoms with van der Waals surface area (Å²) in [5.74, 6) is 0.664. The Bertz CT molecular complexity index is 517. The smallest absolute Gasteiger partial charge is 0.178 e. The third kappa shape index (κ3) is 1.69. The van der Waals surface area contributed by atoms with Gasteiger partial charge in [0.1, 0.15) is 17.1 Å². The van der Waals surface area contributed by atoms with Crippen molar-refractivity contribution in [1.82, 2.24) is 9.78 Å². The summed E-state index contributed by atoms with van der Waals surface area (Å²) in [7, 11) is 1.59. The quantitative estimate of drug-likeness (QED) is 0.738. The van der Waals surface area contributed by atoms with Gasteiger partial charge < -0.3 is 4.74 Å². The molecule has 4 nitrogen and oxygen atoms in total. The van der Waals surface area contributed by atoms with E-state index in [1.165, 1.54) is 6.92 Å². The molecule has 0 saturated heterocycles. The SMILES string of the molecule is COc1ccccc1-n1nccc1C(C)=O. The van der Waals surface area contributed by atoms with E-state index < -0.39 is 0 Å². The Morgan fingerprint density at radius 1 is 1.31 bits per heavy atom. The van der Waals surface area contributed by atoms with Gasteiger partial charge in [-0.2, -0.15) is 5.10 Å². The monoisotopic (exact) mass is 216 g/mol. The van der Waals surface area contributed by atoms with Crippen LogP contribution >= 0.6 is 0 Å². The number of para-hydroxylation sites is 2. The minimum absolute atomic E-state index is 0.0246. The van der Waals surface area contributed by atoms with Gasteiger partial charge in [-0.3, -0.25) is 4.79 Å². The average molecular weight is 216 g/mol. The topological polar surface area (TPSA) is 44.1 Å². The molecule has 1 heterocycles. The van der Waals surface area contributed by atoms with Gasteiger partial charge in [-0.05, 0) is 18.2 Å². The lowest BCUT2D eigenvalue weighted by molar-refractivity contribution is 0.101. The Morgan fingerprint density at radius 2 is 2.06 bits per heavy atom. The highest BCUT2D eigenvalue weighted by molar-refractivity contribution is 5.93. The predicted molar refractivity (Wildman–Crippen MR) is 60.1 cm³/mol. The van der Waals surface area contributed by atoms with E-state index >= 15 is 0 Å². The van der Waals surface area contributed by atoms with Crippen LogP contribution in [-0.4, -0.2) is 22.7 Å². The minimum Gasteiger partial charge on any atom is -0.494 e. The van der Waals surface area contributed by atoms with Crippen LogP contribution < -0.4 is 4.74 Å². The summed E-state index contributed by atoms with van der Waals surface area (Å²) in [6, 6.07) is 9.14. The number of methoxy groups -OCH3 is 1. The first kappa shape index (κ1) is 10.4. The molecule has 4 heteroatoms. The van der Waals surface area contributed by atoms with Crippen molar-refractivity contribution >= 4 is 5.78 Å². The molecular formula is C12H12N2O2. The summed E-state index contributed by atoms with van der Waals surface area (Å²) in [5.41, 5.74) is 1.31. The second-order valence-corrected chi connectivity index (χ2v) is 3.36. The van der Waals surface area contributed by atoms with Gasteiger partial charge in [-0.25, -0.2) is 4.68 Å². The molecule has 0 aliphatic carbocycles. The second kappa shape index (κ2) is 4.18. The standard InChI is InChI=1S/C12H12N2O2/c1-9(15)10-7-8-13-14(10)11-5-3-4-6-12(11)16-2/h3-8H,1-2H3. The van der Waals surface area contributed by atoms with Gasteiger partial charge >= 0.3 is 0 Å². The van der Waals surface area contributed by atoms with E-state index in [2.05, 4.69) is 5.10 Å². The van der Waals surface area contributed by atoms with E-state index in [1.807, 2.05) is 24.3 Å². The number of rotatable bonds is 3. The summed E-state index contributed by atoms with van der Waals surface area (Å²) in [4.78, 5) is 11.4. The maximum atomic E-state index is 11.4. The van der Waals surface area contributed by atoms with Gasteiger partial charge in [0.05, 0.1) is 13.3 Å². The molecule has 0 amide bonds. The molecule has 0 aliphatic heterocycles. The number of nitrogens with zero attached hydrogens (tertiary/aromatic N) is 2. The number of hydrogen-bond acceptors (Lipinski definition) is 3. The Balaban J connectivity index is 2.58. The van der Waals surface area contributed by atoms with Gasteiger partial charge in [0, 0.05) is 6.92 Å². The maximum absolute atomic E-state index is 11.4. The molecule has 2 rings (SSSR count). The molecule has 1 aromatic heterocycles. The maximum Gasteiger partial charge on any atom is 0.178 e. The van der Waals surface area contributed by atoms with Crippen molar-refractivity contribution in [3.63, 3.8) is 0 Å². The van der Waals surface area contributed by atoms with Crippen LogP contribution in [0.25, 0.3) is 5.69 Å². The van der Waals surface area contributed by atoms with Crippen molar-refractivity contribution in [3.05, 3.63) is 42.2 Å². The molecule has 0 radical (unpaired) electrons. The molecule has 0 aliphatic rings. The number of Topliss-reactive ketones (excluding diaryl/α,β-unsaturated/α-hetero) is 1. The highest BCUT2D eigenvalue weighted by Gasteiger charge is 2.12. The first-order valence-electron chi connectivity index (χ1n) is 4.92. The summed E-state index contributed by atoms with van der Waals surface area (Å²) < 4.78 is 6.82. The van der Waals surface area contributed by atoms with Crippen molar-refractivity contribution in [1.29, 1.82) is 0 Å². The summed E-state index contributed by atoms with van der Waals surface area (Å²) in [5, 5.41) is 4.13. The molecule has 0 bridgehead atoms. The largest absolute Gasteiger partial charge is 0.494 e. The van der Waals surface area contributed by atoms with Gasteiger partial charge in [0.25, 0.3) is 0 Å². The Hall–Kier alpha value is -2.10. The molecule has 1 aromatic carbocycles. The van der Waals surface area contributed by atoms with Crippen molar-refractivity contribution in [2.24, 2.45) is 0 Å². The lowest BCUT2D eigenvalue weighted by atomic mass is 10.2. The van der Waals surface area contributed by atoms with E-state index in [9.17, 15) is 4.79 Å². The number of benzene rings is 1. The van der Waals surface area contributed by atoms with E-state index in [-0.39, 0.29) is 5.78 Å². The van der Waals surface area contributed by atoms with E-state index in [0.717, 1.165) is 5.69 Å². The fraction of sp³-hybridized carbons (Fsp3) is 0.167. The molecular weight excluding hydrogens is 204 g/mol. The van der Waals surface area contributed by atoms with Gasteiger partial charge in [-0.1, -0.05) is 12.1 Å². The lowest BCUT2D eigenvalue weighted by Crippen LogP contribution is -2.07. The first-order chi connectivity index (χ1) is 7.74. The van der Waals surface area contributed by atoms with Crippen LogP contribution in [0.2, 0.25) is 0 Å². The van der Waals surface area contributed by atoms with Crippen molar-refractivity contribution in [2.45, 2.75) is 6.92 Å². The Morgan fingerprint density at radius 3 is 2.75 bits per heavy atom. The number of hydrogen-bond donors (Lipinski definition) is 0. The highest BCUT2D eigenvalue weighted by Crippen LogP contribution is 2.22. The molecule has 0 unspecified atom stereocenters. The molecule has 82 valence electrons. The molecule has 0 saturated carbocycles. The van der Waals surface area contributed by atoms with Gasteiger partial charge in [0.15, 0.2) is 5.78 Å². The highest BCUT2D eigenvalue weighted by atomic mass is 16.5. The zero-order valence-electron chi connectivity index (χ0n) is 9.18. The summed E-state index contributed by atoms with van der Waals surface area (Å²) in [6.07, 6.45) is 1.60. The summed E-state index contributed by atoms with van der Waals surface area (Å²) >= 11 is 0. The zero-order chi connectivity index (χ0) is 11.5. The fourth-order valence-electron chi connectivity index (χ4n) is 1.57. The number of aromatic nitrogens is 2. The van der Waals surface area contributed by atoms with Crippen LogP contribution in [0.15, 0.2) is 36.5 Å². The van der Waals surface area contributed by atoms with Crippen LogP contribution in [0.3, 0.4) is 0 Å². The van der Waals surface area contributed by atoms with Crippen molar-refractivity contribution in [2.75, 3.05) is 7.11 Å². The normalized spacial score (nSPS) is 10.1. The molecule has 0 N–H and O–H groups in total. The van der Waals surface area contributed by atoms with Gasteiger partial charge in [-0.15, -0.1) is 0 Å². The third-order valence-electron chi connectivity index (χ3n) is 2.32. The first-order valence-corrected chi connectivity index (χ1v) is 4.92. The Labute approximate surface area is 93.5 Å². The van der Waals surface area contributed by atoms with E-state index in [0.29, 0.717) is 11.4 Å². The van der Waals surface area contributed by atoms with Crippen molar-refractivity contribution < 1.29 is 9.53 Å². The van der Waals surface area contributed by atoms with Crippen LogP contribution in [0.4, 0.5) is 0 Å². The molecule has 0 spiro atoms. The molecule has 16 heavy (non-hydrogen) atoms. The van der Waals surface area contributed by atoms with Crippen LogP contribution in [0, 0.1) is 0 Å².